The van der Waals surface area contributed by atoms with Crippen LogP contribution in [0.15, 0.2) is 194 Å². The molecule has 0 spiro atoms. The van der Waals surface area contributed by atoms with E-state index in [9.17, 15) is 9.59 Å². The molecule has 0 aliphatic carbocycles. The molecule has 0 saturated carbocycles. The van der Waals surface area contributed by atoms with Gasteiger partial charge in [-0.15, -0.1) is 22.1 Å². The van der Waals surface area contributed by atoms with Crippen LogP contribution < -0.4 is 20.6 Å². The summed E-state index contributed by atoms with van der Waals surface area (Å²) in [7, 11) is 0. The molecular weight excluding hydrogens is 996 g/mol. The molecule has 2 amide bonds. The van der Waals surface area contributed by atoms with E-state index in [4.69, 9.17) is 19.9 Å². The molecule has 4 aliphatic heterocycles. The summed E-state index contributed by atoms with van der Waals surface area (Å²) in [5.74, 6) is -0.276. The molecule has 6 atom stereocenters. The van der Waals surface area contributed by atoms with Gasteiger partial charge in [-0.3, -0.25) is 19.4 Å². The molecule has 11 heteroatoms. The third-order valence-electron chi connectivity index (χ3n) is 15.1. The van der Waals surface area contributed by atoms with E-state index in [0.717, 1.165) is 66.9 Å². The maximum atomic E-state index is 14.7. The molecule has 9 aromatic rings. The largest absolute Gasteiger partial charge is 2.00 e. The smallest absolute Gasteiger partial charge is 0.657 e. The molecular formula is C66H52CoN8O2. The minimum Gasteiger partial charge on any atom is -0.657 e. The first-order chi connectivity index (χ1) is 37.3. The van der Waals surface area contributed by atoms with Crippen LogP contribution in [0.4, 0.5) is 11.4 Å². The number of amides is 2. The first kappa shape index (κ1) is 49.2. The van der Waals surface area contributed by atoms with Crippen LogP contribution in [0, 0.1) is 0 Å². The van der Waals surface area contributed by atoms with Gasteiger partial charge in [-0.05, 0) is 100 Å². The topological polar surface area (TPSA) is 118 Å². The zero-order valence-electron chi connectivity index (χ0n) is 42.3. The normalized spacial score (nSPS) is 17.7. The maximum Gasteiger partial charge on any atom is 2.00 e. The molecule has 3 aromatic heterocycles. The zero-order valence-corrected chi connectivity index (χ0v) is 43.4. The summed E-state index contributed by atoms with van der Waals surface area (Å²) >= 11 is 0. The molecule has 377 valence electrons. The number of carbonyl (C=O) groups excluding carboxylic acids is 2. The maximum absolute atomic E-state index is 14.7. The summed E-state index contributed by atoms with van der Waals surface area (Å²) in [6.45, 7) is 5.49. The van der Waals surface area contributed by atoms with Crippen LogP contribution in [0.25, 0.3) is 90.9 Å². The van der Waals surface area contributed by atoms with Gasteiger partial charge in [0.1, 0.15) is 12.1 Å². The van der Waals surface area contributed by atoms with E-state index in [1.54, 1.807) is 0 Å². The van der Waals surface area contributed by atoms with Crippen LogP contribution in [0.3, 0.4) is 0 Å². The molecule has 4 unspecified atom stereocenters. The van der Waals surface area contributed by atoms with Gasteiger partial charge >= 0.3 is 16.8 Å². The van der Waals surface area contributed by atoms with Crippen molar-refractivity contribution in [2.75, 3.05) is 23.7 Å². The molecule has 4 aliphatic rings. The van der Waals surface area contributed by atoms with Gasteiger partial charge in [0.2, 0.25) is 11.8 Å². The van der Waals surface area contributed by atoms with Gasteiger partial charge in [0.15, 0.2) is 0 Å². The van der Waals surface area contributed by atoms with E-state index in [-0.39, 0.29) is 52.8 Å². The standard InChI is InChI=1S/C66H54N8O2.Co/c1-41(43-19-8-3-9-20-43)73-39-58(73)65(75)71-48-29-18-30-49(72-66(76)59-40-74(59)42(2)44-21-10-4-11-22-44)63(48)64-56-37-35-54(69-56)61(46-25-14-6-15-26-46)52-33-31-50(67-52)60(45-23-12-5-13-24-45)51-32-34-53(68-51)62(47-27-16-7-17-28-47)55-36-38-57(64)70-55;/h3-38,41-42,58-59H,39-40H2,1-2H3,(H4,67,68,69,70,71,72,75,76);/q;+2/p-2/t41?,42?,58-,59+,73?,74?;. The first-order valence-corrected chi connectivity index (χ1v) is 25.9. The van der Waals surface area contributed by atoms with Gasteiger partial charge in [-0.25, -0.2) is 9.97 Å². The average Bonchev–Trinajstić information content (AvgIpc) is 4.11. The molecule has 7 heterocycles. The summed E-state index contributed by atoms with van der Waals surface area (Å²) in [6, 6.07) is 64.5. The number of benzene rings is 6. The second-order valence-corrected chi connectivity index (χ2v) is 19.8. The first-order valence-electron chi connectivity index (χ1n) is 25.9. The Bertz CT molecular complexity index is 3800. The van der Waals surface area contributed by atoms with Gasteiger partial charge in [0.05, 0.1) is 34.2 Å². The molecule has 8 bridgehead atoms. The Morgan fingerprint density at radius 3 is 1.08 bits per heavy atom. The Hall–Kier alpha value is -8.71. The van der Waals surface area contributed by atoms with Crippen LogP contribution in [-0.4, -0.2) is 56.8 Å². The Labute approximate surface area is 457 Å². The van der Waals surface area contributed by atoms with Gasteiger partial charge in [0.25, 0.3) is 0 Å². The van der Waals surface area contributed by atoms with Gasteiger partial charge in [-0.1, -0.05) is 182 Å². The van der Waals surface area contributed by atoms with E-state index in [1.807, 2.05) is 133 Å². The minimum absolute atomic E-state index is 0. The van der Waals surface area contributed by atoms with Crippen LogP contribution in [0.5, 0.6) is 0 Å². The van der Waals surface area contributed by atoms with E-state index in [1.165, 1.54) is 0 Å². The van der Waals surface area contributed by atoms with Crippen molar-refractivity contribution in [1.29, 1.82) is 0 Å². The Balaban J connectivity index is 0.00000596. The quantitative estimate of drug-likeness (QED) is 0.116. The Kier molecular flexibility index (Phi) is 13.3. The van der Waals surface area contributed by atoms with Crippen LogP contribution >= 0.6 is 0 Å². The molecule has 6 aromatic carbocycles. The molecule has 10 nitrogen and oxygen atoms in total. The molecule has 2 N–H and O–H groups in total. The van der Waals surface area contributed by atoms with E-state index < -0.39 is 0 Å². The number of carbonyl (C=O) groups is 2. The summed E-state index contributed by atoms with van der Waals surface area (Å²) in [5, 5.41) is 6.74. The van der Waals surface area contributed by atoms with Crippen LogP contribution in [0.1, 0.15) is 59.8 Å². The summed E-state index contributed by atoms with van der Waals surface area (Å²) in [6.07, 6.45) is 8.17. The van der Waals surface area contributed by atoms with Gasteiger partial charge < -0.3 is 20.6 Å². The average molecular weight is 1050 g/mol. The number of nitrogens with zero attached hydrogens (tertiary/aromatic N) is 6. The molecule has 2 saturated heterocycles. The van der Waals surface area contributed by atoms with E-state index in [0.29, 0.717) is 58.0 Å². The van der Waals surface area contributed by atoms with Crippen LogP contribution in [-0.2, 0) is 26.4 Å². The van der Waals surface area contributed by atoms with Crippen molar-refractivity contribution in [2.24, 2.45) is 0 Å². The number of anilines is 2. The second-order valence-electron chi connectivity index (χ2n) is 19.8. The summed E-state index contributed by atoms with van der Waals surface area (Å²) in [4.78, 5) is 55.6. The van der Waals surface area contributed by atoms with Gasteiger partial charge in [0, 0.05) is 30.7 Å². The van der Waals surface area contributed by atoms with Crippen molar-refractivity contribution in [3.63, 3.8) is 0 Å². The zero-order chi connectivity index (χ0) is 51.3. The second kappa shape index (κ2) is 20.8. The summed E-state index contributed by atoms with van der Waals surface area (Å²) in [5.41, 5.74) is 15.8. The van der Waals surface area contributed by atoms with Gasteiger partial charge in [-0.2, -0.15) is 0 Å². The number of hydrogen-bond donors (Lipinski definition) is 2. The fraction of sp³-hybridized carbons (Fsp3) is 0.121. The third-order valence-corrected chi connectivity index (χ3v) is 15.1. The monoisotopic (exact) mass is 1050 g/mol. The predicted octanol–water partition coefficient (Wildman–Crippen LogP) is 13.3. The predicted molar refractivity (Wildman–Crippen MR) is 307 cm³/mol. The Morgan fingerprint density at radius 2 is 0.727 bits per heavy atom. The number of nitrogens with one attached hydrogen (secondary N) is 2. The van der Waals surface area contributed by atoms with Crippen molar-refractivity contribution in [3.8, 4) is 44.5 Å². The third kappa shape index (κ3) is 9.55. The van der Waals surface area contributed by atoms with Crippen molar-refractivity contribution in [3.05, 3.63) is 228 Å². The SMILES string of the molecule is CC(c1ccccc1)N1C[C@@H]1C(=O)Nc1cccc(NC(=O)[C@@H]2CN2C(C)c2ccccc2)c1-c1c2nc(c(-c3ccccc3)c3ccc([n-]3)c(-c3ccccc3)c3nc(c(-c4ccccc4)c4ccc1[n-]4)C=C3)C=C2.[Co+2]. The fourth-order valence-electron chi connectivity index (χ4n) is 11.0. The fourth-order valence-corrected chi connectivity index (χ4v) is 11.0. The minimum atomic E-state index is -0.357. The number of hydrogen-bond acceptors (Lipinski definition) is 6. The molecule has 2 fully saturated rings. The molecule has 77 heavy (non-hydrogen) atoms. The number of aromatic nitrogens is 4. The van der Waals surface area contributed by atoms with Crippen molar-refractivity contribution in [2.45, 2.75) is 38.0 Å². The number of fused-ring (bicyclic) bond motifs is 8. The molecule has 13 rings (SSSR count). The van der Waals surface area contributed by atoms with E-state index >= 15 is 0 Å². The van der Waals surface area contributed by atoms with E-state index in [2.05, 4.69) is 119 Å². The van der Waals surface area contributed by atoms with Crippen molar-refractivity contribution < 1.29 is 26.4 Å². The van der Waals surface area contributed by atoms with Crippen molar-refractivity contribution >= 4 is 69.6 Å². The number of rotatable bonds is 12. The van der Waals surface area contributed by atoms with Crippen molar-refractivity contribution in [1.82, 2.24) is 29.7 Å². The Morgan fingerprint density at radius 1 is 0.416 bits per heavy atom. The molecule has 1 radical (unpaired) electrons. The summed E-state index contributed by atoms with van der Waals surface area (Å²) < 4.78 is 0. The van der Waals surface area contributed by atoms with Crippen LogP contribution in [0.2, 0.25) is 0 Å².